The molecule has 5 nitrogen and oxygen atoms in total. The van der Waals surface area contributed by atoms with Crippen LogP contribution in [-0.2, 0) is 6.18 Å². The Morgan fingerprint density at radius 3 is 2.61 bits per heavy atom. The number of rotatable bonds is 4. The summed E-state index contributed by atoms with van der Waals surface area (Å²) in [7, 11) is 0. The van der Waals surface area contributed by atoms with E-state index in [1.807, 2.05) is 6.92 Å². The zero-order valence-electron chi connectivity index (χ0n) is 14.8. The van der Waals surface area contributed by atoms with E-state index in [-0.39, 0.29) is 27.7 Å². The number of hydrogen-bond donors (Lipinski definition) is 2. The van der Waals surface area contributed by atoms with E-state index >= 15 is 0 Å². The third-order valence-corrected chi connectivity index (χ3v) is 4.16. The number of hydrogen-bond acceptors (Lipinski definition) is 4. The molecular weight excluding hydrogens is 376 g/mol. The van der Waals surface area contributed by atoms with Crippen LogP contribution in [0.3, 0.4) is 0 Å². The molecule has 0 aliphatic carbocycles. The fraction of sp³-hybridized carbons (Fsp3) is 0.211. The maximum Gasteiger partial charge on any atom is 0.418 e. The van der Waals surface area contributed by atoms with Crippen LogP contribution in [0.1, 0.15) is 29.4 Å². The summed E-state index contributed by atoms with van der Waals surface area (Å²) in [6.07, 6.45) is -1.74. The minimum absolute atomic E-state index is 0.0359. The maximum atomic E-state index is 14.6. The van der Waals surface area contributed by atoms with Gasteiger partial charge in [0.25, 0.3) is 5.91 Å². The van der Waals surface area contributed by atoms with Crippen LogP contribution in [0, 0.1) is 5.82 Å². The lowest BCUT2D eigenvalue weighted by molar-refractivity contribution is -0.137. The molecule has 0 atom stereocenters. The van der Waals surface area contributed by atoms with Crippen LogP contribution in [0.2, 0.25) is 0 Å². The van der Waals surface area contributed by atoms with E-state index in [4.69, 9.17) is 5.73 Å². The summed E-state index contributed by atoms with van der Waals surface area (Å²) in [6, 6.07) is 4.25. The number of nitrogens with zero attached hydrogens (tertiary/aromatic N) is 2. The average molecular weight is 392 g/mol. The molecule has 0 bridgehead atoms. The van der Waals surface area contributed by atoms with Crippen molar-refractivity contribution in [1.82, 2.24) is 15.3 Å². The van der Waals surface area contributed by atoms with Crippen LogP contribution in [0.15, 0.2) is 36.7 Å². The van der Waals surface area contributed by atoms with Crippen LogP contribution in [0.25, 0.3) is 22.0 Å². The van der Waals surface area contributed by atoms with Gasteiger partial charge in [-0.15, -0.1) is 0 Å². The van der Waals surface area contributed by atoms with Crippen molar-refractivity contribution in [3.63, 3.8) is 0 Å². The number of halogens is 4. The number of amides is 1. The topological polar surface area (TPSA) is 80.9 Å². The zero-order chi connectivity index (χ0) is 20.5. The van der Waals surface area contributed by atoms with E-state index in [9.17, 15) is 22.4 Å². The largest absolute Gasteiger partial charge is 0.418 e. The van der Waals surface area contributed by atoms with Crippen molar-refractivity contribution in [3.05, 3.63) is 53.7 Å². The van der Waals surface area contributed by atoms with E-state index in [0.29, 0.717) is 13.0 Å². The van der Waals surface area contributed by atoms with E-state index in [0.717, 1.165) is 30.6 Å². The number of carbonyl (C=O) groups is 1. The Morgan fingerprint density at radius 1 is 1.18 bits per heavy atom. The molecule has 1 amide bonds. The highest BCUT2D eigenvalue weighted by molar-refractivity contribution is 6.09. The predicted molar refractivity (Wildman–Crippen MR) is 97.0 cm³/mol. The van der Waals surface area contributed by atoms with Crippen LogP contribution < -0.4 is 11.1 Å². The second-order valence-electron chi connectivity index (χ2n) is 6.06. The van der Waals surface area contributed by atoms with Gasteiger partial charge in [0.1, 0.15) is 5.82 Å². The molecule has 2 aromatic heterocycles. The van der Waals surface area contributed by atoms with E-state index < -0.39 is 29.2 Å². The fourth-order valence-electron chi connectivity index (χ4n) is 2.87. The maximum absolute atomic E-state index is 14.6. The van der Waals surface area contributed by atoms with E-state index in [1.54, 1.807) is 0 Å². The molecule has 0 aliphatic heterocycles. The molecule has 146 valence electrons. The van der Waals surface area contributed by atoms with Crippen LogP contribution in [0.5, 0.6) is 0 Å². The van der Waals surface area contributed by atoms with Gasteiger partial charge in [0, 0.05) is 35.3 Å². The molecule has 0 fully saturated rings. The van der Waals surface area contributed by atoms with Gasteiger partial charge < -0.3 is 11.1 Å². The molecule has 28 heavy (non-hydrogen) atoms. The lowest BCUT2D eigenvalue weighted by Gasteiger charge is -2.15. The summed E-state index contributed by atoms with van der Waals surface area (Å²) in [4.78, 5) is 19.9. The van der Waals surface area contributed by atoms with Gasteiger partial charge in [-0.2, -0.15) is 13.2 Å². The van der Waals surface area contributed by atoms with Crippen molar-refractivity contribution in [3.8, 4) is 11.3 Å². The predicted octanol–water partition coefficient (Wildman–Crippen LogP) is 4.18. The first-order chi connectivity index (χ1) is 13.3. The number of benzene rings is 1. The molecular formula is C19H16F4N4O. The van der Waals surface area contributed by atoms with Crippen LogP contribution in [0.4, 0.5) is 23.2 Å². The Morgan fingerprint density at radius 2 is 1.93 bits per heavy atom. The molecule has 0 aliphatic rings. The summed E-state index contributed by atoms with van der Waals surface area (Å²) < 4.78 is 54.7. The minimum atomic E-state index is -4.73. The SMILES string of the molecule is CCCNC(=O)c1ncc2c(-c3ncccc3C(F)(F)F)c(F)ccc2c1N. The van der Waals surface area contributed by atoms with Crippen molar-refractivity contribution in [2.45, 2.75) is 19.5 Å². The first kappa shape index (κ1) is 19.5. The number of aromatic nitrogens is 2. The van der Waals surface area contributed by atoms with Crippen molar-refractivity contribution in [2.24, 2.45) is 0 Å². The Hall–Kier alpha value is -3.23. The monoisotopic (exact) mass is 392 g/mol. The summed E-state index contributed by atoms with van der Waals surface area (Å²) in [5.74, 6) is -1.41. The lowest BCUT2D eigenvalue weighted by Crippen LogP contribution is -2.26. The number of nitrogens with two attached hydrogens (primary N) is 1. The van der Waals surface area contributed by atoms with Crippen molar-refractivity contribution >= 4 is 22.4 Å². The number of fused-ring (bicyclic) bond motifs is 1. The quantitative estimate of drug-likeness (QED) is 0.653. The molecule has 3 aromatic rings. The van der Waals surface area contributed by atoms with Gasteiger partial charge in [0.05, 0.1) is 16.9 Å². The fourth-order valence-corrected chi connectivity index (χ4v) is 2.87. The Kier molecular flexibility index (Phi) is 5.17. The highest BCUT2D eigenvalue weighted by Gasteiger charge is 2.35. The molecule has 0 saturated heterocycles. The zero-order valence-corrected chi connectivity index (χ0v) is 14.8. The summed E-state index contributed by atoms with van der Waals surface area (Å²) >= 11 is 0. The Balaban J connectivity index is 2.25. The van der Waals surface area contributed by atoms with Gasteiger partial charge in [-0.05, 0) is 30.7 Å². The van der Waals surface area contributed by atoms with Gasteiger partial charge in [-0.25, -0.2) is 9.37 Å². The number of carbonyl (C=O) groups excluding carboxylic acids is 1. The van der Waals surface area contributed by atoms with Gasteiger partial charge in [-0.3, -0.25) is 9.78 Å². The van der Waals surface area contributed by atoms with Crippen molar-refractivity contribution in [1.29, 1.82) is 0 Å². The number of nitrogens with one attached hydrogen (secondary N) is 1. The Labute approximate surface area is 157 Å². The summed E-state index contributed by atoms with van der Waals surface area (Å²) in [5, 5.41) is 2.87. The molecule has 0 radical (unpaired) electrons. The average Bonchev–Trinajstić information content (AvgIpc) is 2.65. The summed E-state index contributed by atoms with van der Waals surface area (Å²) in [5.41, 5.74) is 3.89. The molecule has 1 aromatic carbocycles. The van der Waals surface area contributed by atoms with Crippen LogP contribution in [-0.4, -0.2) is 22.4 Å². The van der Waals surface area contributed by atoms with E-state index in [2.05, 4.69) is 15.3 Å². The van der Waals surface area contributed by atoms with Crippen molar-refractivity contribution < 1.29 is 22.4 Å². The van der Waals surface area contributed by atoms with Gasteiger partial charge in [-0.1, -0.05) is 6.92 Å². The number of nitrogen functional groups attached to an aromatic ring is 1. The van der Waals surface area contributed by atoms with Crippen molar-refractivity contribution in [2.75, 3.05) is 12.3 Å². The van der Waals surface area contributed by atoms with Gasteiger partial charge >= 0.3 is 6.18 Å². The van der Waals surface area contributed by atoms with Gasteiger partial charge in [0.2, 0.25) is 0 Å². The lowest BCUT2D eigenvalue weighted by atomic mass is 9.97. The minimum Gasteiger partial charge on any atom is -0.396 e. The Bertz CT molecular complexity index is 1050. The van der Waals surface area contributed by atoms with Gasteiger partial charge in [0.15, 0.2) is 5.69 Å². The smallest absolute Gasteiger partial charge is 0.396 e. The molecule has 0 saturated carbocycles. The highest BCUT2D eigenvalue weighted by Crippen LogP contribution is 2.40. The van der Waals surface area contributed by atoms with E-state index in [1.165, 1.54) is 6.07 Å². The second kappa shape index (κ2) is 7.41. The molecule has 2 heterocycles. The number of alkyl halides is 3. The number of anilines is 1. The van der Waals surface area contributed by atoms with Crippen LogP contribution >= 0.6 is 0 Å². The third kappa shape index (κ3) is 3.47. The first-order valence-corrected chi connectivity index (χ1v) is 8.43. The number of pyridine rings is 2. The molecule has 9 heteroatoms. The normalized spacial score (nSPS) is 11.6. The highest BCUT2D eigenvalue weighted by atomic mass is 19.4. The standard InChI is InChI=1S/C19H16F4N4O/c1-2-7-26-18(28)17-15(24)10-5-6-13(20)14(11(10)9-27-17)16-12(19(21,22)23)4-3-8-25-16/h3-6,8-9H,2,7,24H2,1H3,(H,26,28). The molecule has 3 N–H and O–H groups in total. The summed E-state index contributed by atoms with van der Waals surface area (Å²) in [6.45, 7) is 2.28. The molecule has 0 spiro atoms. The third-order valence-electron chi connectivity index (χ3n) is 4.16. The molecule has 3 rings (SSSR count). The first-order valence-electron chi connectivity index (χ1n) is 8.43. The molecule has 0 unspecified atom stereocenters. The second-order valence-corrected chi connectivity index (χ2v) is 6.06.